The minimum absolute atomic E-state index is 0.0720. The van der Waals surface area contributed by atoms with E-state index in [-0.39, 0.29) is 18.0 Å². The molecule has 4 heteroatoms. The van der Waals surface area contributed by atoms with Crippen molar-refractivity contribution in [1.82, 2.24) is 0 Å². The molecule has 1 unspecified atom stereocenters. The lowest BCUT2D eigenvalue weighted by Gasteiger charge is -2.06. The molecule has 0 bridgehead atoms. The molecule has 0 aromatic rings. The highest BCUT2D eigenvalue weighted by molar-refractivity contribution is 7.93. The van der Waals surface area contributed by atoms with E-state index in [9.17, 15) is 13.2 Å². The second-order valence-corrected chi connectivity index (χ2v) is 5.87. The SMILES string of the molecule is CCCCCC1C(=O)CCS1(=O)=O. The van der Waals surface area contributed by atoms with Crippen LogP contribution in [-0.4, -0.2) is 25.2 Å². The fraction of sp³-hybridized carbons (Fsp3) is 0.889. The Bertz CT molecular complexity index is 279. The van der Waals surface area contributed by atoms with Gasteiger partial charge >= 0.3 is 0 Å². The molecule has 0 radical (unpaired) electrons. The minimum atomic E-state index is -3.07. The van der Waals surface area contributed by atoms with Gasteiger partial charge in [0.25, 0.3) is 0 Å². The third-order valence-electron chi connectivity index (χ3n) is 2.50. The van der Waals surface area contributed by atoms with E-state index in [0.29, 0.717) is 6.42 Å². The highest BCUT2D eigenvalue weighted by Gasteiger charge is 2.37. The first-order chi connectivity index (χ1) is 6.08. The second-order valence-electron chi connectivity index (χ2n) is 3.57. The van der Waals surface area contributed by atoms with E-state index in [2.05, 4.69) is 6.92 Å². The van der Waals surface area contributed by atoms with Crippen molar-refractivity contribution in [2.24, 2.45) is 0 Å². The van der Waals surface area contributed by atoms with Gasteiger partial charge < -0.3 is 0 Å². The van der Waals surface area contributed by atoms with Gasteiger partial charge in [-0.1, -0.05) is 26.2 Å². The van der Waals surface area contributed by atoms with Crippen LogP contribution < -0.4 is 0 Å². The molecule has 76 valence electrons. The molecule has 0 aromatic heterocycles. The Labute approximate surface area is 79.4 Å². The van der Waals surface area contributed by atoms with Crippen molar-refractivity contribution in [3.05, 3.63) is 0 Å². The number of sulfone groups is 1. The zero-order valence-electron chi connectivity index (χ0n) is 7.95. The van der Waals surface area contributed by atoms with E-state index in [1.165, 1.54) is 0 Å². The molecular weight excluding hydrogens is 188 g/mol. The van der Waals surface area contributed by atoms with E-state index < -0.39 is 15.1 Å². The summed E-state index contributed by atoms with van der Waals surface area (Å²) in [5.74, 6) is -0.00100. The van der Waals surface area contributed by atoms with Gasteiger partial charge in [0.05, 0.1) is 5.75 Å². The van der Waals surface area contributed by atoms with Crippen LogP contribution in [0, 0.1) is 0 Å². The van der Waals surface area contributed by atoms with Gasteiger partial charge in [0.2, 0.25) is 0 Å². The Balaban J connectivity index is 2.52. The Kier molecular flexibility index (Phi) is 3.47. The number of rotatable bonds is 4. The highest BCUT2D eigenvalue weighted by atomic mass is 32.2. The normalized spacial score (nSPS) is 26.5. The van der Waals surface area contributed by atoms with Crippen molar-refractivity contribution in [3.63, 3.8) is 0 Å². The van der Waals surface area contributed by atoms with Crippen LogP contribution in [0.3, 0.4) is 0 Å². The van der Waals surface area contributed by atoms with Crippen molar-refractivity contribution in [1.29, 1.82) is 0 Å². The summed E-state index contributed by atoms with van der Waals surface area (Å²) in [7, 11) is -3.07. The third-order valence-corrected chi connectivity index (χ3v) is 4.63. The predicted molar refractivity (Wildman–Crippen MR) is 51.3 cm³/mol. The van der Waals surface area contributed by atoms with Gasteiger partial charge in [0.1, 0.15) is 5.25 Å². The topological polar surface area (TPSA) is 51.2 Å². The number of hydrogen-bond donors (Lipinski definition) is 0. The second kappa shape index (κ2) is 4.22. The van der Waals surface area contributed by atoms with Crippen LogP contribution in [0.25, 0.3) is 0 Å². The Morgan fingerprint density at radius 1 is 1.38 bits per heavy atom. The lowest BCUT2D eigenvalue weighted by Crippen LogP contribution is -2.22. The quantitative estimate of drug-likeness (QED) is 0.649. The number of carbonyl (C=O) groups excluding carboxylic acids is 1. The molecule has 0 aromatic carbocycles. The first kappa shape index (κ1) is 10.7. The summed E-state index contributed by atoms with van der Waals surface area (Å²) in [6.45, 7) is 2.06. The predicted octanol–water partition coefficient (Wildman–Crippen LogP) is 1.32. The summed E-state index contributed by atoms with van der Waals surface area (Å²) >= 11 is 0. The van der Waals surface area contributed by atoms with Crippen molar-refractivity contribution in [3.8, 4) is 0 Å². The zero-order chi connectivity index (χ0) is 9.90. The number of unbranched alkanes of at least 4 members (excludes halogenated alkanes) is 2. The Morgan fingerprint density at radius 3 is 2.54 bits per heavy atom. The first-order valence-corrected chi connectivity index (χ1v) is 6.53. The summed E-state index contributed by atoms with van der Waals surface area (Å²) in [6.07, 6.45) is 3.69. The third kappa shape index (κ3) is 2.53. The highest BCUT2D eigenvalue weighted by Crippen LogP contribution is 2.21. The van der Waals surface area contributed by atoms with Gasteiger partial charge in [-0.2, -0.15) is 0 Å². The molecule has 1 heterocycles. The van der Waals surface area contributed by atoms with Crippen LogP contribution in [0.5, 0.6) is 0 Å². The molecule has 1 rings (SSSR count). The lowest BCUT2D eigenvalue weighted by atomic mass is 10.1. The Hall–Kier alpha value is -0.380. The largest absolute Gasteiger partial charge is 0.298 e. The van der Waals surface area contributed by atoms with Crippen molar-refractivity contribution in [2.75, 3.05) is 5.75 Å². The van der Waals surface area contributed by atoms with E-state index in [0.717, 1.165) is 19.3 Å². The maximum absolute atomic E-state index is 11.3. The zero-order valence-corrected chi connectivity index (χ0v) is 8.77. The van der Waals surface area contributed by atoms with Gasteiger partial charge in [-0.05, 0) is 6.42 Å². The van der Waals surface area contributed by atoms with Crippen molar-refractivity contribution < 1.29 is 13.2 Å². The summed E-state index contributed by atoms with van der Waals surface area (Å²) in [6, 6.07) is 0. The molecule has 1 aliphatic heterocycles. The maximum Gasteiger partial charge on any atom is 0.160 e. The molecule has 0 spiro atoms. The van der Waals surface area contributed by atoms with Crippen LogP contribution >= 0.6 is 0 Å². The number of carbonyl (C=O) groups is 1. The van der Waals surface area contributed by atoms with E-state index in [4.69, 9.17) is 0 Å². The van der Waals surface area contributed by atoms with Gasteiger partial charge in [0.15, 0.2) is 15.6 Å². The van der Waals surface area contributed by atoms with E-state index in [1.54, 1.807) is 0 Å². The Morgan fingerprint density at radius 2 is 2.08 bits per heavy atom. The fourth-order valence-electron chi connectivity index (χ4n) is 1.67. The van der Waals surface area contributed by atoms with Crippen LogP contribution in [0.15, 0.2) is 0 Å². The number of hydrogen-bond acceptors (Lipinski definition) is 3. The summed E-state index contributed by atoms with van der Waals surface area (Å²) in [5.41, 5.74) is 0. The standard InChI is InChI=1S/C9H16O3S/c1-2-3-4-5-9-8(10)6-7-13(9,11)12/h9H,2-7H2,1H3. The van der Waals surface area contributed by atoms with Gasteiger partial charge in [-0.25, -0.2) is 8.42 Å². The number of Topliss-reactive ketones (excluding diaryl/α,β-unsaturated/α-hetero) is 1. The molecule has 1 atom stereocenters. The number of ketones is 1. The van der Waals surface area contributed by atoms with Crippen LogP contribution in [0.4, 0.5) is 0 Å². The van der Waals surface area contributed by atoms with Crippen molar-refractivity contribution >= 4 is 15.6 Å². The molecule has 3 nitrogen and oxygen atoms in total. The molecule has 0 saturated carbocycles. The van der Waals surface area contributed by atoms with E-state index in [1.807, 2.05) is 0 Å². The molecule has 0 aliphatic carbocycles. The first-order valence-electron chi connectivity index (χ1n) is 4.82. The van der Waals surface area contributed by atoms with Crippen LogP contribution in [-0.2, 0) is 14.6 Å². The fourth-order valence-corrected chi connectivity index (χ4v) is 3.48. The van der Waals surface area contributed by atoms with Gasteiger partial charge in [-0.15, -0.1) is 0 Å². The molecule has 1 aliphatic rings. The molecular formula is C9H16O3S. The molecule has 13 heavy (non-hydrogen) atoms. The monoisotopic (exact) mass is 204 g/mol. The smallest absolute Gasteiger partial charge is 0.160 e. The summed E-state index contributed by atoms with van der Waals surface area (Å²) < 4.78 is 22.7. The van der Waals surface area contributed by atoms with Crippen molar-refractivity contribution in [2.45, 2.75) is 44.3 Å². The summed E-state index contributed by atoms with van der Waals surface area (Å²) in [4.78, 5) is 11.2. The molecule has 1 fully saturated rings. The maximum atomic E-state index is 11.3. The molecule has 1 saturated heterocycles. The molecule has 0 N–H and O–H groups in total. The van der Waals surface area contributed by atoms with E-state index >= 15 is 0 Å². The molecule has 0 amide bonds. The lowest BCUT2D eigenvalue weighted by molar-refractivity contribution is -0.117. The average molecular weight is 204 g/mol. The van der Waals surface area contributed by atoms with Gasteiger partial charge in [0, 0.05) is 6.42 Å². The van der Waals surface area contributed by atoms with Gasteiger partial charge in [-0.3, -0.25) is 4.79 Å². The average Bonchev–Trinajstić information content (AvgIpc) is 2.31. The minimum Gasteiger partial charge on any atom is -0.298 e. The van der Waals surface area contributed by atoms with Crippen LogP contribution in [0.1, 0.15) is 39.0 Å². The summed E-state index contributed by atoms with van der Waals surface area (Å²) in [5, 5.41) is -0.668. The van der Waals surface area contributed by atoms with Crippen LogP contribution in [0.2, 0.25) is 0 Å².